The molecule has 26 heavy (non-hydrogen) atoms. The van der Waals surface area contributed by atoms with E-state index >= 15 is 0 Å². The van der Waals surface area contributed by atoms with Crippen molar-refractivity contribution >= 4 is 0 Å². The summed E-state index contributed by atoms with van der Waals surface area (Å²) in [6.07, 6.45) is 9.19. The number of fused-ring (bicyclic) bond motifs is 3. The van der Waals surface area contributed by atoms with Crippen molar-refractivity contribution in [2.45, 2.75) is 51.2 Å². The number of terminal acetylenes is 1. The summed E-state index contributed by atoms with van der Waals surface area (Å²) in [5, 5.41) is 0. The van der Waals surface area contributed by atoms with Gasteiger partial charge in [-0.3, -0.25) is 9.69 Å². The molecule has 0 saturated carbocycles. The Balaban J connectivity index is 1.57. The van der Waals surface area contributed by atoms with Crippen LogP contribution in [-0.4, -0.2) is 33.6 Å². The summed E-state index contributed by atoms with van der Waals surface area (Å²) in [6, 6.07) is 8.94. The number of benzene rings is 1. The highest BCUT2D eigenvalue weighted by Crippen LogP contribution is 2.34. The summed E-state index contributed by atoms with van der Waals surface area (Å²) < 4.78 is 5.55. The summed E-state index contributed by atoms with van der Waals surface area (Å²) in [6.45, 7) is 2.99. The van der Waals surface area contributed by atoms with Crippen LogP contribution in [0.2, 0.25) is 0 Å². The van der Waals surface area contributed by atoms with Crippen molar-refractivity contribution in [2.75, 3.05) is 6.61 Å². The van der Waals surface area contributed by atoms with Crippen LogP contribution in [0.5, 0.6) is 5.75 Å². The number of hydrogen-bond donors (Lipinski definition) is 1. The monoisotopic (exact) mass is 349 g/mol. The van der Waals surface area contributed by atoms with Crippen LogP contribution in [-0.2, 0) is 19.4 Å². The molecular weight excluding hydrogens is 326 g/mol. The molecule has 2 aliphatic rings. The van der Waals surface area contributed by atoms with Gasteiger partial charge in [-0.1, -0.05) is 18.1 Å². The number of ether oxygens (including phenoxy) is 1. The summed E-state index contributed by atoms with van der Waals surface area (Å²) in [4.78, 5) is 22.4. The maximum absolute atomic E-state index is 12.4. The second-order valence-electron chi connectivity index (χ2n) is 7.18. The zero-order valence-corrected chi connectivity index (χ0v) is 15.0. The van der Waals surface area contributed by atoms with Crippen LogP contribution in [0.25, 0.3) is 0 Å². The first-order valence-corrected chi connectivity index (χ1v) is 9.13. The van der Waals surface area contributed by atoms with Crippen LogP contribution < -0.4 is 10.3 Å². The summed E-state index contributed by atoms with van der Waals surface area (Å²) in [5.74, 6) is 4.01. The maximum atomic E-state index is 12.4. The van der Waals surface area contributed by atoms with Gasteiger partial charge in [-0.2, -0.15) is 0 Å². The molecule has 1 saturated heterocycles. The topological polar surface area (TPSA) is 58.2 Å². The van der Waals surface area contributed by atoms with Crippen LogP contribution in [0.4, 0.5) is 0 Å². The Morgan fingerprint density at radius 3 is 2.96 bits per heavy atom. The number of nitrogens with one attached hydrogen (secondary N) is 1. The van der Waals surface area contributed by atoms with Crippen molar-refractivity contribution in [3.05, 3.63) is 57.3 Å². The van der Waals surface area contributed by atoms with E-state index in [2.05, 4.69) is 32.9 Å². The first-order chi connectivity index (χ1) is 12.6. The van der Waals surface area contributed by atoms with Crippen molar-refractivity contribution in [1.29, 1.82) is 0 Å². The number of H-pyrrole nitrogens is 1. The Morgan fingerprint density at radius 2 is 2.15 bits per heavy atom. The third-order valence-electron chi connectivity index (χ3n) is 5.45. The minimum atomic E-state index is 0.0321. The third-order valence-corrected chi connectivity index (χ3v) is 5.45. The van der Waals surface area contributed by atoms with E-state index in [1.165, 1.54) is 5.56 Å². The van der Waals surface area contributed by atoms with Gasteiger partial charge in [0.25, 0.3) is 5.56 Å². The molecular formula is C21H23N3O2. The van der Waals surface area contributed by atoms with E-state index in [0.29, 0.717) is 17.9 Å². The second kappa shape index (κ2) is 6.97. The standard InChI is InChI=1S/C21H23N3O2/c1-3-9-26-18-6-4-5-15(10-18)13-24-16-7-8-17(24)12-20-19(11-16)21(25)23-14(2)22-20/h1,4-6,10,16-17H,7-9,11-13H2,2H3,(H,22,23,25)/t16-,17-/m1/s1. The molecule has 0 unspecified atom stereocenters. The molecule has 4 rings (SSSR count). The molecule has 2 bridgehead atoms. The van der Waals surface area contributed by atoms with Crippen LogP contribution in [0, 0.1) is 19.3 Å². The van der Waals surface area contributed by atoms with Gasteiger partial charge < -0.3 is 9.72 Å². The number of nitrogens with zero attached hydrogens (tertiary/aromatic N) is 2. The minimum Gasteiger partial charge on any atom is -0.481 e. The largest absolute Gasteiger partial charge is 0.481 e. The van der Waals surface area contributed by atoms with Crippen molar-refractivity contribution in [3.8, 4) is 18.1 Å². The number of hydrogen-bond acceptors (Lipinski definition) is 4. The Labute approximate surface area is 153 Å². The average molecular weight is 349 g/mol. The van der Waals surface area contributed by atoms with Crippen molar-refractivity contribution < 1.29 is 4.74 Å². The summed E-state index contributed by atoms with van der Waals surface area (Å²) in [7, 11) is 0. The van der Waals surface area contributed by atoms with Crippen LogP contribution in [0.3, 0.4) is 0 Å². The van der Waals surface area contributed by atoms with E-state index in [4.69, 9.17) is 11.2 Å². The second-order valence-corrected chi connectivity index (χ2v) is 7.18. The summed E-state index contributed by atoms with van der Waals surface area (Å²) in [5.41, 5.74) is 3.10. The lowest BCUT2D eigenvalue weighted by atomic mass is 9.98. The molecule has 2 aromatic rings. The Kier molecular flexibility index (Phi) is 4.52. The molecule has 5 nitrogen and oxygen atoms in total. The van der Waals surface area contributed by atoms with Gasteiger partial charge in [0.2, 0.25) is 0 Å². The molecule has 3 heterocycles. The van der Waals surface area contributed by atoms with Crippen molar-refractivity contribution in [2.24, 2.45) is 0 Å². The molecule has 1 aromatic carbocycles. The van der Waals surface area contributed by atoms with E-state index < -0.39 is 0 Å². The quantitative estimate of drug-likeness (QED) is 0.860. The van der Waals surface area contributed by atoms with Gasteiger partial charge in [0.05, 0.1) is 5.69 Å². The molecule has 134 valence electrons. The molecule has 0 aliphatic carbocycles. The highest BCUT2D eigenvalue weighted by atomic mass is 16.5. The minimum absolute atomic E-state index is 0.0321. The predicted octanol–water partition coefficient (Wildman–Crippen LogP) is 2.22. The highest BCUT2D eigenvalue weighted by Gasteiger charge is 2.38. The van der Waals surface area contributed by atoms with Gasteiger partial charge in [0.1, 0.15) is 18.2 Å². The number of rotatable bonds is 4. The van der Waals surface area contributed by atoms with Gasteiger partial charge >= 0.3 is 0 Å². The molecule has 1 fully saturated rings. The smallest absolute Gasteiger partial charge is 0.254 e. The first kappa shape index (κ1) is 16.9. The van der Waals surface area contributed by atoms with Crippen molar-refractivity contribution in [1.82, 2.24) is 14.9 Å². The fourth-order valence-corrected chi connectivity index (χ4v) is 4.29. The van der Waals surface area contributed by atoms with Crippen LogP contribution in [0.15, 0.2) is 29.1 Å². The van der Waals surface area contributed by atoms with Crippen molar-refractivity contribution in [3.63, 3.8) is 0 Å². The van der Waals surface area contributed by atoms with E-state index in [-0.39, 0.29) is 12.2 Å². The number of aromatic nitrogens is 2. The predicted molar refractivity (Wildman–Crippen MR) is 100 cm³/mol. The first-order valence-electron chi connectivity index (χ1n) is 9.13. The zero-order chi connectivity index (χ0) is 18.1. The SMILES string of the molecule is C#CCOc1cccc(CN2[C@@H]3CC[C@@H]2Cc2c(nc(C)[nH]c2=O)C3)c1. The van der Waals surface area contributed by atoms with Crippen LogP contribution >= 0.6 is 0 Å². The fraction of sp³-hybridized carbons (Fsp3) is 0.429. The molecule has 0 amide bonds. The molecule has 1 N–H and O–H groups in total. The van der Waals surface area contributed by atoms with Gasteiger partial charge in [-0.25, -0.2) is 4.98 Å². The molecule has 5 heteroatoms. The van der Waals surface area contributed by atoms with Gasteiger partial charge in [-0.15, -0.1) is 6.42 Å². The number of aromatic amines is 1. The average Bonchev–Trinajstić information content (AvgIpc) is 2.89. The molecule has 0 spiro atoms. The lowest BCUT2D eigenvalue weighted by Crippen LogP contribution is -2.36. The Morgan fingerprint density at radius 1 is 1.35 bits per heavy atom. The normalized spacial score (nSPS) is 21.7. The van der Waals surface area contributed by atoms with E-state index in [1.807, 2.05) is 19.1 Å². The fourth-order valence-electron chi connectivity index (χ4n) is 4.29. The summed E-state index contributed by atoms with van der Waals surface area (Å²) >= 11 is 0. The molecule has 1 aromatic heterocycles. The van der Waals surface area contributed by atoms with E-state index in [1.54, 1.807) is 0 Å². The van der Waals surface area contributed by atoms with Gasteiger partial charge in [0.15, 0.2) is 0 Å². The molecule has 2 atom stereocenters. The molecule has 2 aliphatic heterocycles. The lowest BCUT2D eigenvalue weighted by molar-refractivity contribution is 0.187. The van der Waals surface area contributed by atoms with Crippen LogP contribution in [0.1, 0.15) is 35.5 Å². The highest BCUT2D eigenvalue weighted by molar-refractivity contribution is 5.30. The lowest BCUT2D eigenvalue weighted by Gasteiger charge is -2.28. The Hall–Kier alpha value is -2.58. The molecule has 0 radical (unpaired) electrons. The van der Waals surface area contributed by atoms with E-state index in [9.17, 15) is 4.79 Å². The van der Waals surface area contributed by atoms with Gasteiger partial charge in [0, 0.05) is 30.6 Å². The Bertz CT molecular complexity index is 912. The van der Waals surface area contributed by atoms with E-state index in [0.717, 1.165) is 49.2 Å². The van der Waals surface area contributed by atoms with Gasteiger partial charge in [-0.05, 0) is 43.9 Å². The zero-order valence-electron chi connectivity index (χ0n) is 15.0. The number of aryl methyl sites for hydroxylation is 1. The third kappa shape index (κ3) is 3.25. The maximum Gasteiger partial charge on any atom is 0.254 e.